The first kappa shape index (κ1) is 16.5. The summed E-state index contributed by atoms with van der Waals surface area (Å²) in [7, 11) is 0. The van der Waals surface area contributed by atoms with E-state index in [1.165, 1.54) is 0 Å². The molecule has 0 heterocycles. The third-order valence-corrected chi connectivity index (χ3v) is 3.32. The predicted octanol–water partition coefficient (Wildman–Crippen LogP) is 2.13. The highest BCUT2D eigenvalue weighted by atomic mass is 16.5. The van der Waals surface area contributed by atoms with Gasteiger partial charge in [0, 0.05) is 11.3 Å². The molecule has 7 heteroatoms. The molecule has 7 nitrogen and oxygen atoms in total. The second-order valence-electron chi connectivity index (χ2n) is 5.69. The predicted molar refractivity (Wildman–Crippen MR) is 71.8 cm³/mol. The molecule has 1 aliphatic carbocycles. The van der Waals surface area contributed by atoms with E-state index in [-0.39, 0.29) is 31.1 Å². The van der Waals surface area contributed by atoms with Crippen molar-refractivity contribution < 1.29 is 19.4 Å². The molecule has 0 aromatic rings. The Morgan fingerprint density at radius 3 is 2.85 bits per heavy atom. The number of ketones is 1. The molecule has 0 radical (unpaired) electrons. The molecule has 0 aromatic carbocycles. The highest BCUT2D eigenvalue weighted by Crippen LogP contribution is 2.35. The smallest absolute Gasteiger partial charge is 0.313 e. The summed E-state index contributed by atoms with van der Waals surface area (Å²) in [5.41, 5.74) is 7.13. The van der Waals surface area contributed by atoms with Crippen molar-refractivity contribution in [1.29, 1.82) is 0 Å². The largest absolute Gasteiger partial charge is 0.465 e. The molecule has 1 fully saturated rings. The number of carbonyl (C=O) groups is 2. The Morgan fingerprint density at radius 2 is 2.25 bits per heavy atom. The molecule has 2 atom stereocenters. The first-order valence-electron chi connectivity index (χ1n) is 6.81. The molecule has 1 aliphatic rings. The molecule has 0 saturated heterocycles. The summed E-state index contributed by atoms with van der Waals surface area (Å²) in [6.45, 7) is 4.08. The van der Waals surface area contributed by atoms with Gasteiger partial charge in [-0.3, -0.25) is 9.59 Å². The highest BCUT2D eigenvalue weighted by molar-refractivity contribution is 5.96. The van der Waals surface area contributed by atoms with E-state index in [0.29, 0.717) is 19.3 Å². The second kappa shape index (κ2) is 7.26. The molecule has 20 heavy (non-hydrogen) atoms. The Morgan fingerprint density at radius 1 is 1.55 bits per heavy atom. The van der Waals surface area contributed by atoms with E-state index in [4.69, 9.17) is 10.3 Å². The van der Waals surface area contributed by atoms with Crippen LogP contribution in [0.3, 0.4) is 0 Å². The summed E-state index contributed by atoms with van der Waals surface area (Å²) >= 11 is 0. The van der Waals surface area contributed by atoms with Gasteiger partial charge in [0.25, 0.3) is 0 Å². The summed E-state index contributed by atoms with van der Waals surface area (Å²) in [4.78, 5) is 25.9. The number of carbonyl (C=O) groups excluding carboxylic acids is 2. The van der Waals surface area contributed by atoms with Crippen LogP contribution in [0.1, 0.15) is 46.0 Å². The van der Waals surface area contributed by atoms with Crippen LogP contribution in [0.15, 0.2) is 5.11 Å². The lowest BCUT2D eigenvalue weighted by Gasteiger charge is -2.26. The lowest BCUT2D eigenvalue weighted by Crippen LogP contribution is -2.38. The van der Waals surface area contributed by atoms with Crippen molar-refractivity contribution in [3.05, 3.63) is 10.4 Å². The summed E-state index contributed by atoms with van der Waals surface area (Å²) in [6.07, 6.45) is 1.14. The molecule has 1 saturated carbocycles. The maximum Gasteiger partial charge on any atom is 0.313 e. The number of hydrogen-bond donors (Lipinski definition) is 1. The van der Waals surface area contributed by atoms with Gasteiger partial charge < -0.3 is 9.84 Å². The van der Waals surface area contributed by atoms with Crippen molar-refractivity contribution >= 4 is 11.8 Å². The topological polar surface area (TPSA) is 112 Å². The zero-order valence-corrected chi connectivity index (χ0v) is 11.9. The van der Waals surface area contributed by atoms with Crippen LogP contribution in [0, 0.1) is 5.92 Å². The van der Waals surface area contributed by atoms with Gasteiger partial charge in [-0.05, 0) is 24.3 Å². The van der Waals surface area contributed by atoms with Crippen LogP contribution in [0.5, 0.6) is 0 Å². The minimum atomic E-state index is -1.32. The lowest BCUT2D eigenvalue weighted by molar-refractivity contribution is -0.147. The Bertz CT molecular complexity index is 418. The van der Waals surface area contributed by atoms with Gasteiger partial charge in [0.1, 0.15) is 12.2 Å². The lowest BCUT2D eigenvalue weighted by atomic mass is 9.91. The zero-order chi connectivity index (χ0) is 15.2. The SMILES string of the molecule is CC(C)COC(=O)CC(=O)C[C@]1(O)CCC[C@@H]1N=[N+]=[N-]. The van der Waals surface area contributed by atoms with Gasteiger partial charge >= 0.3 is 5.97 Å². The Kier molecular flexibility index (Phi) is 5.98. The quantitative estimate of drug-likeness (QED) is 0.253. The molecule has 0 bridgehead atoms. The van der Waals surface area contributed by atoms with Gasteiger partial charge in [-0.25, -0.2) is 0 Å². The summed E-state index contributed by atoms with van der Waals surface area (Å²) in [5.74, 6) is -0.755. The van der Waals surface area contributed by atoms with Gasteiger partial charge in [-0.15, -0.1) is 0 Å². The number of esters is 1. The number of azide groups is 1. The first-order chi connectivity index (χ1) is 9.37. The van der Waals surface area contributed by atoms with E-state index in [1.54, 1.807) is 0 Å². The Balaban J connectivity index is 2.48. The molecule has 1 N–H and O–H groups in total. The minimum Gasteiger partial charge on any atom is -0.465 e. The fourth-order valence-corrected chi connectivity index (χ4v) is 2.35. The molecular formula is C13H21N3O4. The summed E-state index contributed by atoms with van der Waals surface area (Å²) in [6, 6.07) is -0.594. The van der Waals surface area contributed by atoms with Crippen LogP contribution in [0.4, 0.5) is 0 Å². The zero-order valence-electron chi connectivity index (χ0n) is 11.9. The van der Waals surface area contributed by atoms with Crippen LogP contribution in [0.25, 0.3) is 10.4 Å². The van der Waals surface area contributed by atoms with Crippen molar-refractivity contribution in [2.45, 2.75) is 57.6 Å². The standard InChI is InChI=1S/C13H21N3O4/c1-9(2)8-20-12(18)6-10(17)7-13(19)5-3-4-11(13)15-16-14/h9,11,19H,3-8H2,1-2H3/t11-,13+/m0/s1. The van der Waals surface area contributed by atoms with E-state index < -0.39 is 17.6 Å². The van der Waals surface area contributed by atoms with Crippen LogP contribution < -0.4 is 0 Å². The molecule has 0 unspecified atom stereocenters. The average Bonchev–Trinajstić information content (AvgIpc) is 2.68. The Hall–Kier alpha value is -1.59. The number of ether oxygens (including phenoxy) is 1. The molecule has 0 amide bonds. The number of Topliss-reactive ketones (excluding diaryl/α,β-unsaturated/α-hetero) is 1. The van der Waals surface area contributed by atoms with Gasteiger partial charge in [0.2, 0.25) is 0 Å². The molecule has 112 valence electrons. The Labute approximate surface area is 117 Å². The van der Waals surface area contributed by atoms with Crippen LogP contribution in [-0.4, -0.2) is 35.1 Å². The van der Waals surface area contributed by atoms with Gasteiger partial charge in [-0.1, -0.05) is 25.4 Å². The van der Waals surface area contributed by atoms with E-state index in [1.807, 2.05) is 13.8 Å². The van der Waals surface area contributed by atoms with E-state index in [0.717, 1.165) is 0 Å². The second-order valence-corrected chi connectivity index (χ2v) is 5.69. The van der Waals surface area contributed by atoms with Crippen molar-refractivity contribution in [2.75, 3.05) is 6.61 Å². The number of rotatable bonds is 7. The number of nitrogens with zero attached hydrogens (tertiary/aromatic N) is 3. The van der Waals surface area contributed by atoms with Crippen molar-refractivity contribution in [3.63, 3.8) is 0 Å². The minimum absolute atomic E-state index is 0.173. The normalized spacial score (nSPS) is 25.3. The van der Waals surface area contributed by atoms with Gasteiger partial charge in [0.05, 0.1) is 18.2 Å². The van der Waals surface area contributed by atoms with Crippen molar-refractivity contribution in [3.8, 4) is 0 Å². The van der Waals surface area contributed by atoms with Gasteiger partial charge in [0.15, 0.2) is 0 Å². The monoisotopic (exact) mass is 283 g/mol. The summed E-state index contributed by atoms with van der Waals surface area (Å²) < 4.78 is 4.92. The third-order valence-electron chi connectivity index (χ3n) is 3.32. The molecule has 1 rings (SSSR count). The number of hydrogen-bond acceptors (Lipinski definition) is 5. The molecule has 0 spiro atoms. The fourth-order valence-electron chi connectivity index (χ4n) is 2.35. The first-order valence-corrected chi connectivity index (χ1v) is 6.81. The van der Waals surface area contributed by atoms with Crippen molar-refractivity contribution in [1.82, 2.24) is 0 Å². The van der Waals surface area contributed by atoms with Crippen LogP contribution in [0.2, 0.25) is 0 Å². The summed E-state index contributed by atoms with van der Waals surface area (Å²) in [5, 5.41) is 13.9. The van der Waals surface area contributed by atoms with Crippen LogP contribution >= 0.6 is 0 Å². The van der Waals surface area contributed by atoms with Crippen molar-refractivity contribution in [2.24, 2.45) is 11.0 Å². The molecular weight excluding hydrogens is 262 g/mol. The van der Waals surface area contributed by atoms with E-state index >= 15 is 0 Å². The van der Waals surface area contributed by atoms with E-state index in [2.05, 4.69) is 10.0 Å². The highest BCUT2D eigenvalue weighted by Gasteiger charge is 2.42. The van der Waals surface area contributed by atoms with Crippen LogP contribution in [-0.2, 0) is 14.3 Å². The maximum absolute atomic E-state index is 11.8. The fraction of sp³-hybridized carbons (Fsp3) is 0.846. The van der Waals surface area contributed by atoms with Gasteiger partial charge in [-0.2, -0.15) is 0 Å². The molecule has 0 aliphatic heterocycles. The third kappa shape index (κ3) is 4.83. The average molecular weight is 283 g/mol. The van der Waals surface area contributed by atoms with E-state index in [9.17, 15) is 14.7 Å². The number of aliphatic hydroxyl groups is 1. The maximum atomic E-state index is 11.8. The molecule has 0 aromatic heterocycles.